The first-order valence-corrected chi connectivity index (χ1v) is 8.61. The number of carbonyl (C=O) groups excluding carboxylic acids is 1. The smallest absolute Gasteiger partial charge is 0.372 e. The second-order valence-corrected chi connectivity index (χ2v) is 6.66. The molecule has 1 heterocycles. The first-order chi connectivity index (χ1) is 12.4. The molecule has 1 saturated heterocycles. The number of benzene rings is 2. The van der Waals surface area contributed by atoms with Gasteiger partial charge in [-0.05, 0) is 67.8 Å². The SMILES string of the molecule is Cc1cc(Nc2ccc(N3CCC(C(F)(F)F)CC3)cc2)ccc1C=O. The highest BCUT2D eigenvalue weighted by molar-refractivity contribution is 5.79. The lowest BCUT2D eigenvalue weighted by Gasteiger charge is -2.34. The summed E-state index contributed by atoms with van der Waals surface area (Å²) in [5.74, 6) is -1.18. The molecule has 0 saturated carbocycles. The molecule has 3 rings (SSSR count). The Bertz CT molecular complexity index is 764. The van der Waals surface area contributed by atoms with Gasteiger partial charge < -0.3 is 10.2 Å². The first kappa shape index (κ1) is 18.3. The maximum atomic E-state index is 12.8. The standard InChI is InChI=1S/C20H21F3N2O/c1-14-12-18(3-2-15(14)13-26)24-17-4-6-19(7-5-17)25-10-8-16(9-11-25)20(21,22)23/h2-7,12-13,16,24H,8-11H2,1H3. The molecule has 2 aromatic rings. The maximum Gasteiger partial charge on any atom is 0.391 e. The molecular weight excluding hydrogens is 341 g/mol. The minimum atomic E-state index is -4.09. The third-order valence-electron chi connectivity index (χ3n) is 4.88. The Morgan fingerprint density at radius 1 is 1.04 bits per heavy atom. The van der Waals surface area contributed by atoms with Gasteiger partial charge in [0.25, 0.3) is 0 Å². The van der Waals surface area contributed by atoms with Crippen LogP contribution in [0.5, 0.6) is 0 Å². The molecule has 138 valence electrons. The van der Waals surface area contributed by atoms with Crippen molar-refractivity contribution >= 4 is 23.3 Å². The van der Waals surface area contributed by atoms with Crippen LogP contribution in [-0.2, 0) is 0 Å². The quantitative estimate of drug-likeness (QED) is 0.746. The molecule has 0 radical (unpaired) electrons. The number of hydrogen-bond donors (Lipinski definition) is 1. The van der Waals surface area contributed by atoms with E-state index in [2.05, 4.69) is 5.32 Å². The van der Waals surface area contributed by atoms with Crippen LogP contribution >= 0.6 is 0 Å². The summed E-state index contributed by atoms with van der Waals surface area (Å²) in [5.41, 5.74) is 4.26. The lowest BCUT2D eigenvalue weighted by Crippen LogP contribution is -2.38. The summed E-state index contributed by atoms with van der Waals surface area (Å²) in [6.07, 6.45) is -2.97. The van der Waals surface area contributed by atoms with Crippen molar-refractivity contribution in [1.82, 2.24) is 0 Å². The molecule has 0 atom stereocenters. The molecule has 3 nitrogen and oxygen atoms in total. The highest BCUT2D eigenvalue weighted by Gasteiger charge is 2.41. The zero-order valence-corrected chi connectivity index (χ0v) is 14.5. The Morgan fingerprint density at radius 3 is 2.19 bits per heavy atom. The molecule has 0 aliphatic carbocycles. The number of halogens is 3. The molecule has 26 heavy (non-hydrogen) atoms. The van der Waals surface area contributed by atoms with Crippen LogP contribution in [-0.4, -0.2) is 25.6 Å². The van der Waals surface area contributed by atoms with Crippen molar-refractivity contribution in [3.8, 4) is 0 Å². The molecule has 0 spiro atoms. The summed E-state index contributed by atoms with van der Waals surface area (Å²) in [6.45, 7) is 2.72. The van der Waals surface area contributed by atoms with Crippen molar-refractivity contribution in [2.24, 2.45) is 5.92 Å². The van der Waals surface area contributed by atoms with Gasteiger partial charge in [-0.25, -0.2) is 0 Å². The van der Waals surface area contributed by atoms with Crippen molar-refractivity contribution in [1.29, 1.82) is 0 Å². The van der Waals surface area contributed by atoms with E-state index in [0.717, 1.165) is 28.9 Å². The van der Waals surface area contributed by atoms with Crippen LogP contribution in [0.2, 0.25) is 0 Å². The Kier molecular flexibility index (Phi) is 5.20. The number of rotatable bonds is 4. The number of alkyl halides is 3. The van der Waals surface area contributed by atoms with E-state index in [-0.39, 0.29) is 12.8 Å². The van der Waals surface area contributed by atoms with Crippen LogP contribution in [0.3, 0.4) is 0 Å². The largest absolute Gasteiger partial charge is 0.391 e. The summed E-state index contributed by atoms with van der Waals surface area (Å²) < 4.78 is 38.3. The van der Waals surface area contributed by atoms with Crippen molar-refractivity contribution in [2.75, 3.05) is 23.3 Å². The second-order valence-electron chi connectivity index (χ2n) is 6.66. The molecule has 1 N–H and O–H groups in total. The van der Waals surface area contributed by atoms with Gasteiger partial charge in [0, 0.05) is 35.7 Å². The molecule has 6 heteroatoms. The third-order valence-corrected chi connectivity index (χ3v) is 4.88. The van der Waals surface area contributed by atoms with Crippen LogP contribution in [0.4, 0.5) is 30.2 Å². The normalized spacial score (nSPS) is 15.8. The molecule has 0 bridgehead atoms. The van der Waals surface area contributed by atoms with E-state index >= 15 is 0 Å². The fourth-order valence-electron chi connectivity index (χ4n) is 3.27. The number of nitrogens with zero attached hydrogens (tertiary/aromatic N) is 1. The van der Waals surface area contributed by atoms with Crippen LogP contribution in [0.1, 0.15) is 28.8 Å². The minimum absolute atomic E-state index is 0.145. The van der Waals surface area contributed by atoms with Gasteiger partial charge in [0.05, 0.1) is 5.92 Å². The number of hydrogen-bond acceptors (Lipinski definition) is 3. The molecular formula is C20H21F3N2O. The minimum Gasteiger partial charge on any atom is -0.372 e. The van der Waals surface area contributed by atoms with E-state index < -0.39 is 12.1 Å². The van der Waals surface area contributed by atoms with Crippen molar-refractivity contribution in [3.63, 3.8) is 0 Å². The second kappa shape index (κ2) is 7.40. The third kappa shape index (κ3) is 4.18. The highest BCUT2D eigenvalue weighted by Crippen LogP contribution is 2.35. The van der Waals surface area contributed by atoms with Gasteiger partial charge in [-0.3, -0.25) is 4.79 Å². The fourth-order valence-corrected chi connectivity index (χ4v) is 3.27. The molecule has 0 aromatic heterocycles. The van der Waals surface area contributed by atoms with Crippen molar-refractivity contribution in [3.05, 3.63) is 53.6 Å². The summed E-state index contributed by atoms with van der Waals surface area (Å²) in [6, 6.07) is 13.2. The molecule has 1 aliphatic rings. The summed E-state index contributed by atoms with van der Waals surface area (Å²) >= 11 is 0. The van der Waals surface area contributed by atoms with Gasteiger partial charge >= 0.3 is 6.18 Å². The van der Waals surface area contributed by atoms with Gasteiger partial charge in [-0.2, -0.15) is 13.2 Å². The number of anilines is 3. The molecule has 0 unspecified atom stereocenters. The van der Waals surface area contributed by atoms with E-state index in [0.29, 0.717) is 18.7 Å². The van der Waals surface area contributed by atoms with Crippen molar-refractivity contribution in [2.45, 2.75) is 25.9 Å². The zero-order valence-electron chi connectivity index (χ0n) is 14.5. The number of carbonyl (C=O) groups is 1. The van der Waals surface area contributed by atoms with E-state index in [1.54, 1.807) is 6.07 Å². The van der Waals surface area contributed by atoms with Gasteiger partial charge in [0.15, 0.2) is 0 Å². The highest BCUT2D eigenvalue weighted by atomic mass is 19.4. The Labute approximate surface area is 150 Å². The zero-order chi connectivity index (χ0) is 18.7. The van der Waals surface area contributed by atoms with Crippen LogP contribution in [0.15, 0.2) is 42.5 Å². The topological polar surface area (TPSA) is 32.3 Å². The van der Waals surface area contributed by atoms with Crippen LogP contribution < -0.4 is 10.2 Å². The predicted molar refractivity (Wildman–Crippen MR) is 97.3 cm³/mol. The van der Waals surface area contributed by atoms with E-state index in [9.17, 15) is 18.0 Å². The lowest BCUT2D eigenvalue weighted by atomic mass is 9.96. The van der Waals surface area contributed by atoms with Gasteiger partial charge in [0.1, 0.15) is 6.29 Å². The Morgan fingerprint density at radius 2 is 1.65 bits per heavy atom. The predicted octanol–water partition coefficient (Wildman–Crippen LogP) is 5.33. The van der Waals surface area contributed by atoms with Crippen molar-refractivity contribution < 1.29 is 18.0 Å². The molecule has 0 amide bonds. The summed E-state index contributed by atoms with van der Waals surface area (Å²) in [5, 5.41) is 3.27. The number of piperidine rings is 1. The average Bonchev–Trinajstić information content (AvgIpc) is 2.62. The Hall–Kier alpha value is -2.50. The molecule has 2 aromatic carbocycles. The lowest BCUT2D eigenvalue weighted by molar-refractivity contribution is -0.179. The van der Waals surface area contributed by atoms with E-state index in [1.807, 2.05) is 48.2 Å². The molecule has 1 fully saturated rings. The first-order valence-electron chi connectivity index (χ1n) is 8.61. The average molecular weight is 362 g/mol. The fraction of sp³-hybridized carbons (Fsp3) is 0.350. The summed E-state index contributed by atoms with van der Waals surface area (Å²) in [7, 11) is 0. The monoisotopic (exact) mass is 362 g/mol. The van der Waals surface area contributed by atoms with Crippen LogP contribution in [0.25, 0.3) is 0 Å². The number of aldehydes is 1. The van der Waals surface area contributed by atoms with Crippen LogP contribution in [0, 0.1) is 12.8 Å². The number of aryl methyl sites for hydroxylation is 1. The van der Waals surface area contributed by atoms with Gasteiger partial charge in [-0.15, -0.1) is 0 Å². The number of nitrogens with one attached hydrogen (secondary N) is 1. The molecule has 1 aliphatic heterocycles. The van der Waals surface area contributed by atoms with E-state index in [1.165, 1.54) is 0 Å². The summed E-state index contributed by atoms with van der Waals surface area (Å²) in [4.78, 5) is 12.9. The Balaban J connectivity index is 1.62. The van der Waals surface area contributed by atoms with E-state index in [4.69, 9.17) is 0 Å². The van der Waals surface area contributed by atoms with Gasteiger partial charge in [-0.1, -0.05) is 0 Å². The maximum absolute atomic E-state index is 12.8. The van der Waals surface area contributed by atoms with Gasteiger partial charge in [0.2, 0.25) is 0 Å².